The lowest BCUT2D eigenvalue weighted by Gasteiger charge is -2.04. The Morgan fingerprint density at radius 1 is 0.929 bits per heavy atom. The summed E-state index contributed by atoms with van der Waals surface area (Å²) >= 11 is 0. The van der Waals surface area contributed by atoms with Crippen molar-refractivity contribution in [2.24, 2.45) is 0 Å². The minimum atomic E-state index is -0.816. The summed E-state index contributed by atoms with van der Waals surface area (Å²) in [6, 6.07) is 5.74. The maximum Gasteiger partial charge on any atom is 0.275 e. The summed E-state index contributed by atoms with van der Waals surface area (Å²) in [7, 11) is 0. The quantitative estimate of drug-likeness (QED) is 0.393. The first-order valence-corrected chi connectivity index (χ1v) is 3.68. The van der Waals surface area contributed by atoms with Crippen LogP contribution in [0.4, 0.5) is 0 Å². The van der Waals surface area contributed by atoms with E-state index in [1.165, 1.54) is 35.2 Å². The minimum absolute atomic E-state index is 0.0263. The monoisotopic (exact) mass is 196 g/mol. The lowest BCUT2D eigenvalue weighted by atomic mass is 10.1. The molecule has 0 spiro atoms. The van der Waals surface area contributed by atoms with Gasteiger partial charge in [0.25, 0.3) is 11.8 Å². The predicted octanol–water partition coefficient (Wildman–Crippen LogP) is -0.0754. The highest BCUT2D eigenvalue weighted by Gasteiger charge is 2.14. The van der Waals surface area contributed by atoms with Crippen molar-refractivity contribution in [1.29, 1.82) is 0 Å². The number of nitrogens with one attached hydrogen (secondary N) is 2. The predicted molar refractivity (Wildman–Crippen MR) is 44.9 cm³/mol. The molecule has 6 nitrogen and oxygen atoms in total. The normalized spacial score (nSPS) is 9.29. The number of benzene rings is 1. The van der Waals surface area contributed by atoms with Gasteiger partial charge in [-0.15, -0.1) is 0 Å². The van der Waals surface area contributed by atoms with Gasteiger partial charge in [0.1, 0.15) is 0 Å². The van der Waals surface area contributed by atoms with Gasteiger partial charge < -0.3 is 0 Å². The van der Waals surface area contributed by atoms with Gasteiger partial charge in [-0.3, -0.25) is 20.0 Å². The largest absolute Gasteiger partial charge is 0.288 e. The van der Waals surface area contributed by atoms with E-state index >= 15 is 0 Å². The van der Waals surface area contributed by atoms with Crippen molar-refractivity contribution in [3.05, 3.63) is 35.4 Å². The van der Waals surface area contributed by atoms with E-state index in [-0.39, 0.29) is 11.1 Å². The molecular formula is C8H8N2O4. The molecule has 1 rings (SSSR count). The molecule has 0 radical (unpaired) electrons. The third kappa shape index (κ3) is 1.87. The van der Waals surface area contributed by atoms with Crippen molar-refractivity contribution in [2.75, 3.05) is 0 Å². The zero-order chi connectivity index (χ0) is 10.6. The first kappa shape index (κ1) is 10.2. The fourth-order valence-electron chi connectivity index (χ4n) is 1.000. The van der Waals surface area contributed by atoms with Crippen LogP contribution < -0.4 is 11.0 Å². The molecule has 6 heteroatoms. The Labute approximate surface area is 79.1 Å². The highest BCUT2D eigenvalue weighted by Crippen LogP contribution is 2.07. The van der Waals surface area contributed by atoms with E-state index in [4.69, 9.17) is 10.4 Å². The Hall–Kier alpha value is -1.92. The molecule has 0 fully saturated rings. The molecule has 1 aromatic rings. The lowest BCUT2D eigenvalue weighted by Crippen LogP contribution is -2.26. The number of hydroxylamine groups is 2. The van der Waals surface area contributed by atoms with Crippen LogP contribution in [0.5, 0.6) is 0 Å². The first-order chi connectivity index (χ1) is 6.70. The summed E-state index contributed by atoms with van der Waals surface area (Å²) in [5, 5.41) is 16.7. The zero-order valence-corrected chi connectivity index (χ0v) is 7.02. The van der Waals surface area contributed by atoms with Crippen molar-refractivity contribution >= 4 is 11.8 Å². The van der Waals surface area contributed by atoms with E-state index in [0.29, 0.717) is 0 Å². The molecule has 0 aliphatic carbocycles. The second-order valence-corrected chi connectivity index (χ2v) is 2.43. The number of carbonyl (C=O) groups excluding carboxylic acids is 2. The van der Waals surface area contributed by atoms with Gasteiger partial charge in [0.05, 0.1) is 11.1 Å². The van der Waals surface area contributed by atoms with Crippen LogP contribution in [-0.2, 0) is 0 Å². The Kier molecular flexibility index (Phi) is 3.16. The zero-order valence-electron chi connectivity index (χ0n) is 7.02. The molecule has 0 unspecified atom stereocenters. The second-order valence-electron chi connectivity index (χ2n) is 2.43. The molecule has 0 aromatic heterocycles. The smallest absolute Gasteiger partial charge is 0.275 e. The highest BCUT2D eigenvalue weighted by molar-refractivity contribution is 6.06. The fourth-order valence-corrected chi connectivity index (χ4v) is 1.000. The number of hydrogen-bond acceptors (Lipinski definition) is 4. The van der Waals surface area contributed by atoms with Crippen molar-refractivity contribution < 1.29 is 20.0 Å². The fraction of sp³-hybridized carbons (Fsp3) is 0. The topological polar surface area (TPSA) is 98.7 Å². The van der Waals surface area contributed by atoms with Gasteiger partial charge in [0.2, 0.25) is 0 Å². The maximum absolute atomic E-state index is 11.0. The van der Waals surface area contributed by atoms with Crippen molar-refractivity contribution in [3.63, 3.8) is 0 Å². The molecule has 0 saturated carbocycles. The molecule has 74 valence electrons. The Bertz CT molecular complexity index is 329. The van der Waals surface area contributed by atoms with Crippen LogP contribution in [0.1, 0.15) is 20.7 Å². The molecular weight excluding hydrogens is 188 g/mol. The molecule has 0 atom stereocenters. The molecule has 14 heavy (non-hydrogen) atoms. The van der Waals surface area contributed by atoms with E-state index in [9.17, 15) is 9.59 Å². The number of hydrogen-bond donors (Lipinski definition) is 4. The summed E-state index contributed by atoms with van der Waals surface area (Å²) in [6.45, 7) is 0. The second kappa shape index (κ2) is 4.35. The third-order valence-electron chi connectivity index (χ3n) is 1.62. The van der Waals surface area contributed by atoms with Gasteiger partial charge in [0, 0.05) is 0 Å². The van der Waals surface area contributed by atoms with Crippen LogP contribution in [0.15, 0.2) is 24.3 Å². The summed E-state index contributed by atoms with van der Waals surface area (Å²) in [4.78, 5) is 22.1. The van der Waals surface area contributed by atoms with Gasteiger partial charge >= 0.3 is 0 Å². The highest BCUT2D eigenvalue weighted by atomic mass is 16.5. The Morgan fingerprint density at radius 3 is 1.57 bits per heavy atom. The number of amides is 2. The summed E-state index contributed by atoms with van der Waals surface area (Å²) in [5.74, 6) is -1.63. The van der Waals surface area contributed by atoms with Gasteiger partial charge in [-0.2, -0.15) is 0 Å². The van der Waals surface area contributed by atoms with Crippen molar-refractivity contribution in [3.8, 4) is 0 Å². The minimum Gasteiger partial charge on any atom is -0.288 e. The van der Waals surface area contributed by atoms with E-state index in [1.54, 1.807) is 0 Å². The number of rotatable bonds is 2. The third-order valence-corrected chi connectivity index (χ3v) is 1.62. The van der Waals surface area contributed by atoms with E-state index in [2.05, 4.69) is 0 Å². The molecule has 0 heterocycles. The van der Waals surface area contributed by atoms with E-state index < -0.39 is 11.8 Å². The number of carbonyl (C=O) groups is 2. The van der Waals surface area contributed by atoms with E-state index in [1.807, 2.05) is 0 Å². The van der Waals surface area contributed by atoms with Crippen LogP contribution in [0.2, 0.25) is 0 Å². The Balaban J connectivity index is 3.15. The molecule has 1 aromatic carbocycles. The van der Waals surface area contributed by atoms with Crippen LogP contribution in [0, 0.1) is 0 Å². The van der Waals surface area contributed by atoms with Gasteiger partial charge in [-0.05, 0) is 12.1 Å². The average molecular weight is 196 g/mol. The summed E-state index contributed by atoms with van der Waals surface area (Å²) in [6.07, 6.45) is 0. The standard InChI is InChI=1S/C8H8N2O4/c11-7(9-13)5-3-1-2-4-6(5)8(12)10-14/h1-4,13-14H,(H,9,11)(H,10,12). The van der Waals surface area contributed by atoms with Crippen molar-refractivity contribution in [1.82, 2.24) is 11.0 Å². The molecule has 0 bridgehead atoms. The maximum atomic E-state index is 11.0. The molecule has 0 saturated heterocycles. The van der Waals surface area contributed by atoms with Gasteiger partial charge in [-0.1, -0.05) is 12.1 Å². The summed E-state index contributed by atoms with van der Waals surface area (Å²) < 4.78 is 0. The Morgan fingerprint density at radius 2 is 1.29 bits per heavy atom. The first-order valence-electron chi connectivity index (χ1n) is 3.68. The lowest BCUT2D eigenvalue weighted by molar-refractivity contribution is 0.0671. The molecule has 4 N–H and O–H groups in total. The summed E-state index contributed by atoms with van der Waals surface area (Å²) in [5.41, 5.74) is 2.75. The van der Waals surface area contributed by atoms with Crippen LogP contribution >= 0.6 is 0 Å². The van der Waals surface area contributed by atoms with Crippen LogP contribution in [0.25, 0.3) is 0 Å². The van der Waals surface area contributed by atoms with Crippen LogP contribution in [0.3, 0.4) is 0 Å². The van der Waals surface area contributed by atoms with Crippen molar-refractivity contribution in [2.45, 2.75) is 0 Å². The molecule has 0 aliphatic heterocycles. The molecule has 2 amide bonds. The average Bonchev–Trinajstić information content (AvgIpc) is 2.27. The van der Waals surface area contributed by atoms with Gasteiger partial charge in [-0.25, -0.2) is 11.0 Å². The van der Waals surface area contributed by atoms with Gasteiger partial charge in [0.15, 0.2) is 0 Å². The molecule has 0 aliphatic rings. The van der Waals surface area contributed by atoms with E-state index in [0.717, 1.165) is 0 Å². The SMILES string of the molecule is O=C(NO)c1ccccc1C(=O)NO. The van der Waals surface area contributed by atoms with Crippen LogP contribution in [-0.4, -0.2) is 22.2 Å².